The first-order chi connectivity index (χ1) is 8.03. The van der Waals surface area contributed by atoms with Gasteiger partial charge in [-0.1, -0.05) is 6.92 Å². The molecule has 1 rings (SSSR count). The van der Waals surface area contributed by atoms with Crippen LogP contribution in [0.3, 0.4) is 0 Å². The summed E-state index contributed by atoms with van der Waals surface area (Å²) in [5, 5.41) is 8.70. The molecule has 0 aromatic carbocycles. The van der Waals surface area contributed by atoms with E-state index in [1.54, 1.807) is 0 Å². The van der Waals surface area contributed by atoms with E-state index in [1.807, 2.05) is 6.92 Å². The topological polar surface area (TPSA) is 104 Å². The number of anilines is 1. The van der Waals surface area contributed by atoms with E-state index in [-0.39, 0.29) is 17.1 Å². The Bertz CT molecular complexity index is 477. The van der Waals surface area contributed by atoms with Crippen molar-refractivity contribution in [3.05, 3.63) is 22.5 Å². The van der Waals surface area contributed by atoms with Crippen molar-refractivity contribution < 1.29 is 8.42 Å². The second-order valence-electron chi connectivity index (χ2n) is 3.48. The lowest BCUT2D eigenvalue weighted by atomic mass is 10.5. The molecule has 0 radical (unpaired) electrons. The van der Waals surface area contributed by atoms with Gasteiger partial charge >= 0.3 is 0 Å². The summed E-state index contributed by atoms with van der Waals surface area (Å²) < 4.78 is 25.4. The Kier molecular flexibility index (Phi) is 5.11. The molecule has 0 aliphatic carbocycles. The molecule has 0 saturated carbocycles. The van der Waals surface area contributed by atoms with E-state index in [0.717, 1.165) is 13.0 Å². The zero-order valence-electron chi connectivity index (χ0n) is 9.56. The minimum Gasteiger partial charge on any atom is -0.316 e. The summed E-state index contributed by atoms with van der Waals surface area (Å²) in [5.41, 5.74) is -0.377. The number of H-pyrrole nitrogens is 1. The van der Waals surface area contributed by atoms with Crippen LogP contribution in [0.5, 0.6) is 0 Å². The number of aromatic amines is 1. The van der Waals surface area contributed by atoms with Gasteiger partial charge in [-0.3, -0.25) is 9.52 Å². The van der Waals surface area contributed by atoms with Crippen LogP contribution in [0.2, 0.25) is 0 Å². The molecule has 0 bridgehead atoms. The van der Waals surface area contributed by atoms with Gasteiger partial charge in [-0.05, 0) is 19.0 Å². The molecule has 0 unspecified atom stereocenters. The summed E-state index contributed by atoms with van der Waals surface area (Å²) in [7, 11) is -3.42. The molecular weight excluding hydrogens is 244 g/mol. The maximum Gasteiger partial charge on any atom is 0.264 e. The molecule has 1 heterocycles. The van der Waals surface area contributed by atoms with Crippen molar-refractivity contribution in [2.45, 2.75) is 13.3 Å². The van der Waals surface area contributed by atoms with Crippen molar-refractivity contribution in [2.75, 3.05) is 23.6 Å². The van der Waals surface area contributed by atoms with E-state index in [9.17, 15) is 13.2 Å². The van der Waals surface area contributed by atoms with Gasteiger partial charge in [-0.25, -0.2) is 13.5 Å². The van der Waals surface area contributed by atoms with Crippen molar-refractivity contribution in [1.82, 2.24) is 15.5 Å². The molecule has 0 fully saturated rings. The Morgan fingerprint density at radius 2 is 2.12 bits per heavy atom. The standard InChI is InChI=1S/C9H16N4O3S/c1-2-5-10-6-7-17(15,16)13-8-3-4-9(14)12-11-8/h3-4,10H,2,5-7H2,1H3,(H,11,13)(H,12,14). The smallest absolute Gasteiger partial charge is 0.264 e. The Balaban J connectivity index is 2.49. The maximum absolute atomic E-state index is 11.6. The molecular formula is C9H16N4O3S. The van der Waals surface area contributed by atoms with Crippen LogP contribution in [-0.4, -0.2) is 37.5 Å². The van der Waals surface area contributed by atoms with Gasteiger partial charge in [0, 0.05) is 12.6 Å². The van der Waals surface area contributed by atoms with Gasteiger partial charge in [0.25, 0.3) is 5.56 Å². The van der Waals surface area contributed by atoms with E-state index in [1.165, 1.54) is 12.1 Å². The third kappa shape index (κ3) is 5.45. The van der Waals surface area contributed by atoms with Gasteiger partial charge in [0.15, 0.2) is 5.82 Å². The first-order valence-corrected chi connectivity index (χ1v) is 6.95. The van der Waals surface area contributed by atoms with Crippen molar-refractivity contribution in [3.8, 4) is 0 Å². The Labute approximate surface area is 99.7 Å². The van der Waals surface area contributed by atoms with Gasteiger partial charge in [0.1, 0.15) is 0 Å². The van der Waals surface area contributed by atoms with E-state index >= 15 is 0 Å². The van der Waals surface area contributed by atoms with Crippen LogP contribution in [0.1, 0.15) is 13.3 Å². The van der Waals surface area contributed by atoms with E-state index < -0.39 is 10.0 Å². The molecule has 0 atom stereocenters. The largest absolute Gasteiger partial charge is 0.316 e. The van der Waals surface area contributed by atoms with E-state index in [2.05, 4.69) is 20.2 Å². The maximum atomic E-state index is 11.6. The van der Waals surface area contributed by atoms with Crippen LogP contribution >= 0.6 is 0 Å². The number of nitrogens with one attached hydrogen (secondary N) is 3. The van der Waals surface area contributed by atoms with Crippen molar-refractivity contribution in [3.63, 3.8) is 0 Å². The third-order valence-corrected chi connectivity index (χ3v) is 3.18. The van der Waals surface area contributed by atoms with Crippen LogP contribution in [0.4, 0.5) is 5.82 Å². The SMILES string of the molecule is CCCNCCS(=O)(=O)Nc1ccc(=O)[nH]n1. The summed E-state index contributed by atoms with van der Waals surface area (Å²) in [6, 6.07) is 2.52. The fourth-order valence-electron chi connectivity index (χ4n) is 1.12. The van der Waals surface area contributed by atoms with Crippen molar-refractivity contribution in [1.29, 1.82) is 0 Å². The average Bonchev–Trinajstić information content (AvgIpc) is 2.27. The Morgan fingerprint density at radius 1 is 1.35 bits per heavy atom. The molecule has 0 aliphatic rings. The predicted octanol–water partition coefficient (Wildman–Crippen LogP) is -0.489. The zero-order valence-corrected chi connectivity index (χ0v) is 10.4. The lowest BCUT2D eigenvalue weighted by molar-refractivity contribution is 0.595. The first kappa shape index (κ1) is 13.7. The van der Waals surface area contributed by atoms with Gasteiger partial charge in [0.05, 0.1) is 5.75 Å². The summed E-state index contributed by atoms with van der Waals surface area (Å²) >= 11 is 0. The summed E-state index contributed by atoms with van der Waals surface area (Å²) in [6.45, 7) is 3.17. The van der Waals surface area contributed by atoms with Gasteiger partial charge in [-0.2, -0.15) is 5.10 Å². The fourth-order valence-corrected chi connectivity index (χ4v) is 2.07. The number of nitrogens with zero attached hydrogens (tertiary/aromatic N) is 1. The number of hydrogen-bond donors (Lipinski definition) is 3. The average molecular weight is 260 g/mol. The van der Waals surface area contributed by atoms with Crippen molar-refractivity contribution >= 4 is 15.8 Å². The first-order valence-electron chi connectivity index (χ1n) is 5.30. The second-order valence-corrected chi connectivity index (χ2v) is 5.32. The number of rotatable bonds is 7. The molecule has 8 heteroatoms. The molecule has 3 N–H and O–H groups in total. The minimum absolute atomic E-state index is 0.0339. The summed E-state index contributed by atoms with van der Waals surface area (Å²) in [4.78, 5) is 10.7. The fraction of sp³-hybridized carbons (Fsp3) is 0.556. The number of sulfonamides is 1. The van der Waals surface area contributed by atoms with Gasteiger partial charge in [0.2, 0.25) is 10.0 Å². The molecule has 17 heavy (non-hydrogen) atoms. The quantitative estimate of drug-likeness (QED) is 0.574. The number of aromatic nitrogens is 2. The molecule has 1 aromatic rings. The number of hydrogen-bond acceptors (Lipinski definition) is 5. The molecule has 0 aliphatic heterocycles. The van der Waals surface area contributed by atoms with Gasteiger partial charge < -0.3 is 5.32 Å². The molecule has 7 nitrogen and oxygen atoms in total. The molecule has 96 valence electrons. The third-order valence-electron chi connectivity index (χ3n) is 1.91. The predicted molar refractivity (Wildman–Crippen MR) is 65.4 cm³/mol. The zero-order chi connectivity index (χ0) is 12.7. The van der Waals surface area contributed by atoms with Crippen LogP contribution < -0.4 is 15.6 Å². The lowest BCUT2D eigenvalue weighted by Crippen LogP contribution is -2.27. The highest BCUT2D eigenvalue weighted by Crippen LogP contribution is 2.00. The lowest BCUT2D eigenvalue weighted by Gasteiger charge is -2.06. The Hall–Kier alpha value is -1.41. The monoisotopic (exact) mass is 260 g/mol. The van der Waals surface area contributed by atoms with Crippen LogP contribution in [0.15, 0.2) is 16.9 Å². The molecule has 0 spiro atoms. The minimum atomic E-state index is -3.42. The van der Waals surface area contributed by atoms with Crippen molar-refractivity contribution in [2.24, 2.45) is 0 Å². The Morgan fingerprint density at radius 3 is 2.71 bits per heavy atom. The van der Waals surface area contributed by atoms with Crippen LogP contribution in [0.25, 0.3) is 0 Å². The van der Waals surface area contributed by atoms with Crippen LogP contribution in [0, 0.1) is 0 Å². The molecule has 1 aromatic heterocycles. The molecule has 0 saturated heterocycles. The van der Waals surface area contributed by atoms with E-state index in [4.69, 9.17) is 0 Å². The highest BCUT2D eigenvalue weighted by atomic mass is 32.2. The normalized spacial score (nSPS) is 11.4. The summed E-state index contributed by atoms with van der Waals surface area (Å²) in [5.74, 6) is 0.0773. The molecule has 0 amide bonds. The highest BCUT2D eigenvalue weighted by molar-refractivity contribution is 7.92. The van der Waals surface area contributed by atoms with Crippen LogP contribution in [-0.2, 0) is 10.0 Å². The van der Waals surface area contributed by atoms with Gasteiger partial charge in [-0.15, -0.1) is 0 Å². The van der Waals surface area contributed by atoms with E-state index in [0.29, 0.717) is 6.54 Å². The second kappa shape index (κ2) is 6.36. The summed E-state index contributed by atoms with van der Waals surface area (Å²) in [6.07, 6.45) is 0.953. The highest BCUT2D eigenvalue weighted by Gasteiger charge is 2.10.